The van der Waals surface area contributed by atoms with Crippen molar-refractivity contribution in [2.75, 3.05) is 31.8 Å². The number of aliphatic hydroxyl groups excluding tert-OH is 1. The largest absolute Gasteiger partial charge is 0.497 e. The highest BCUT2D eigenvalue weighted by molar-refractivity contribution is 8.02. The molecule has 0 aliphatic carbocycles. The second-order valence-electron chi connectivity index (χ2n) is 11.1. The molecule has 0 radical (unpaired) electrons. The molecule has 9 heteroatoms. The van der Waals surface area contributed by atoms with E-state index in [0.29, 0.717) is 30.8 Å². The van der Waals surface area contributed by atoms with E-state index < -0.39 is 39.4 Å². The molecule has 5 rings (SSSR count). The number of nitrogens with zero attached hydrogens (tertiary/aromatic N) is 2. The molecule has 38 heavy (non-hydrogen) atoms. The van der Waals surface area contributed by atoms with Crippen LogP contribution in [-0.2, 0) is 19.1 Å². The van der Waals surface area contributed by atoms with Gasteiger partial charge < -0.3 is 24.4 Å². The molecule has 0 aromatic heterocycles. The van der Waals surface area contributed by atoms with Gasteiger partial charge in [-0.25, -0.2) is 0 Å². The first-order valence-electron chi connectivity index (χ1n) is 13.3. The van der Waals surface area contributed by atoms with Crippen LogP contribution in [0.2, 0.25) is 0 Å². The van der Waals surface area contributed by atoms with Crippen molar-refractivity contribution in [1.29, 1.82) is 0 Å². The SMILES string of the molecule is COc1ccc(N2CC=C[C@]34S[C@@]5(C)C=CCCOC(=O)[C@H]5[C@H]3C(=O)N([C@@H](CO)CC(C)C)C4C2=O)cc1. The van der Waals surface area contributed by atoms with E-state index in [1.807, 2.05) is 57.2 Å². The molecule has 4 aliphatic rings. The van der Waals surface area contributed by atoms with Crippen LogP contribution in [0.25, 0.3) is 0 Å². The molecule has 0 bridgehead atoms. The van der Waals surface area contributed by atoms with E-state index in [1.54, 1.807) is 29.0 Å². The van der Waals surface area contributed by atoms with E-state index in [9.17, 15) is 19.5 Å². The fourth-order valence-corrected chi connectivity index (χ4v) is 8.77. The summed E-state index contributed by atoms with van der Waals surface area (Å²) in [6, 6.07) is 5.84. The van der Waals surface area contributed by atoms with Crippen LogP contribution in [0.15, 0.2) is 48.6 Å². The molecular weight excluding hydrogens is 504 g/mol. The molecule has 2 saturated heterocycles. The van der Waals surface area contributed by atoms with Crippen LogP contribution in [0.4, 0.5) is 5.69 Å². The van der Waals surface area contributed by atoms with Gasteiger partial charge in [0, 0.05) is 17.0 Å². The highest BCUT2D eigenvalue weighted by atomic mass is 32.2. The summed E-state index contributed by atoms with van der Waals surface area (Å²) in [5, 5.41) is 10.5. The lowest BCUT2D eigenvalue weighted by Crippen LogP contribution is -2.57. The number of carbonyl (C=O) groups is 3. The predicted molar refractivity (Wildman–Crippen MR) is 146 cm³/mol. The Kier molecular flexibility index (Phi) is 7.11. The molecule has 0 saturated carbocycles. The number of amides is 2. The Bertz CT molecular complexity index is 1170. The number of thioether (sulfide) groups is 1. The summed E-state index contributed by atoms with van der Waals surface area (Å²) in [5.74, 6) is -1.54. The molecular formula is C29H36N2O6S. The van der Waals surface area contributed by atoms with Crippen molar-refractivity contribution >= 4 is 35.2 Å². The number of likely N-dealkylation sites (tertiary alicyclic amines) is 1. The zero-order valence-electron chi connectivity index (χ0n) is 22.3. The van der Waals surface area contributed by atoms with Crippen molar-refractivity contribution < 1.29 is 29.0 Å². The second kappa shape index (κ2) is 10.1. The maximum atomic E-state index is 14.5. The highest BCUT2D eigenvalue weighted by Gasteiger charge is 2.74. The third-order valence-electron chi connectivity index (χ3n) is 8.19. The molecule has 1 aromatic rings. The average molecular weight is 541 g/mol. The minimum Gasteiger partial charge on any atom is -0.497 e. The van der Waals surface area contributed by atoms with E-state index in [-0.39, 0.29) is 30.9 Å². The lowest BCUT2D eigenvalue weighted by atomic mass is 9.74. The fraction of sp³-hybridized carbons (Fsp3) is 0.552. The number of fused-ring (bicyclic) bond motifs is 2. The van der Waals surface area contributed by atoms with Crippen molar-refractivity contribution in [3.8, 4) is 5.75 Å². The van der Waals surface area contributed by atoms with Crippen LogP contribution in [-0.4, -0.2) is 76.2 Å². The Morgan fingerprint density at radius 1 is 1.11 bits per heavy atom. The first kappa shape index (κ1) is 26.8. The zero-order chi connectivity index (χ0) is 27.2. The number of rotatable bonds is 6. The summed E-state index contributed by atoms with van der Waals surface area (Å²) in [5.41, 5.74) is 0.692. The molecule has 204 valence electrons. The number of carbonyl (C=O) groups excluding carboxylic acids is 3. The molecule has 1 spiro atoms. The van der Waals surface area contributed by atoms with Crippen LogP contribution >= 0.6 is 11.8 Å². The number of hydrogen-bond donors (Lipinski definition) is 1. The topological polar surface area (TPSA) is 96.4 Å². The van der Waals surface area contributed by atoms with Gasteiger partial charge in [0.15, 0.2) is 0 Å². The van der Waals surface area contributed by atoms with Crippen molar-refractivity contribution in [1.82, 2.24) is 4.90 Å². The van der Waals surface area contributed by atoms with Gasteiger partial charge >= 0.3 is 5.97 Å². The Morgan fingerprint density at radius 3 is 2.50 bits per heavy atom. The Morgan fingerprint density at radius 2 is 1.84 bits per heavy atom. The number of ether oxygens (including phenoxy) is 2. The number of esters is 1. The Hall–Kier alpha value is -2.78. The standard InChI is InChI=1S/C29H36N2O6S/c1-18(2)16-20(17-32)31-24-26(34)30(19-8-10-21(36-4)11-9-19)14-7-13-29(24)22(25(31)33)23-27(35)37-15-6-5-12-28(23,3)38-29/h5,7-13,18,20,22-24,32H,6,14-17H2,1-4H3/t20-,22+,23-,24?,28+,29+/m1/s1. The normalized spacial score (nSPS) is 33.3. The van der Waals surface area contributed by atoms with Crippen molar-refractivity contribution in [2.45, 2.75) is 55.2 Å². The zero-order valence-corrected chi connectivity index (χ0v) is 23.1. The fourth-order valence-electron chi connectivity index (χ4n) is 6.63. The average Bonchev–Trinajstić information content (AvgIpc) is 3.21. The first-order chi connectivity index (χ1) is 18.2. The molecule has 4 aliphatic heterocycles. The number of benzene rings is 1. The summed E-state index contributed by atoms with van der Waals surface area (Å²) in [7, 11) is 1.59. The van der Waals surface area contributed by atoms with Crippen molar-refractivity contribution in [3.63, 3.8) is 0 Å². The van der Waals surface area contributed by atoms with Crippen LogP contribution in [0.5, 0.6) is 5.75 Å². The summed E-state index contributed by atoms with van der Waals surface area (Å²) < 4.78 is 9.20. The monoisotopic (exact) mass is 540 g/mol. The van der Waals surface area contributed by atoms with Gasteiger partial charge in [0.25, 0.3) is 5.91 Å². The lowest BCUT2D eigenvalue weighted by Gasteiger charge is -2.40. The van der Waals surface area contributed by atoms with Gasteiger partial charge in [-0.1, -0.05) is 38.2 Å². The molecule has 8 nitrogen and oxygen atoms in total. The summed E-state index contributed by atoms with van der Waals surface area (Å²) in [4.78, 5) is 45.7. The van der Waals surface area contributed by atoms with Crippen LogP contribution in [0, 0.1) is 17.8 Å². The van der Waals surface area contributed by atoms with E-state index in [2.05, 4.69) is 0 Å². The summed E-state index contributed by atoms with van der Waals surface area (Å²) in [6.45, 7) is 6.35. The van der Waals surface area contributed by atoms with Crippen molar-refractivity contribution in [3.05, 3.63) is 48.6 Å². The van der Waals surface area contributed by atoms with Gasteiger partial charge in [-0.05, 0) is 49.9 Å². The minimum atomic E-state index is -0.979. The van der Waals surface area contributed by atoms with Gasteiger partial charge in [0.05, 0.1) is 42.9 Å². The van der Waals surface area contributed by atoms with Crippen molar-refractivity contribution in [2.24, 2.45) is 17.8 Å². The quantitative estimate of drug-likeness (QED) is 0.437. The lowest BCUT2D eigenvalue weighted by molar-refractivity contribution is -0.154. The van der Waals surface area contributed by atoms with Gasteiger partial charge in [-0.2, -0.15) is 0 Å². The van der Waals surface area contributed by atoms with E-state index in [4.69, 9.17) is 9.47 Å². The predicted octanol–water partition coefficient (Wildman–Crippen LogP) is 3.20. The van der Waals surface area contributed by atoms with Gasteiger partial charge in [0.1, 0.15) is 11.8 Å². The Balaban J connectivity index is 1.66. The molecule has 6 atom stereocenters. The molecule has 4 heterocycles. The maximum Gasteiger partial charge on any atom is 0.311 e. The van der Waals surface area contributed by atoms with Gasteiger partial charge in [-0.3, -0.25) is 14.4 Å². The minimum absolute atomic E-state index is 0.192. The van der Waals surface area contributed by atoms with E-state index in [0.717, 1.165) is 0 Å². The second-order valence-corrected chi connectivity index (χ2v) is 12.9. The number of aliphatic hydroxyl groups is 1. The molecule has 2 fully saturated rings. The van der Waals surface area contributed by atoms with Gasteiger partial charge in [0.2, 0.25) is 5.91 Å². The third kappa shape index (κ3) is 4.14. The first-order valence-corrected chi connectivity index (χ1v) is 14.1. The number of cyclic esters (lactones) is 1. The van der Waals surface area contributed by atoms with Crippen LogP contribution in [0.1, 0.15) is 33.6 Å². The Labute approximate surface area is 228 Å². The number of hydrogen-bond acceptors (Lipinski definition) is 7. The van der Waals surface area contributed by atoms with E-state index in [1.165, 1.54) is 11.8 Å². The molecule has 2 amide bonds. The highest BCUT2D eigenvalue weighted by Crippen LogP contribution is 2.65. The molecule has 1 N–H and O–H groups in total. The summed E-state index contributed by atoms with van der Waals surface area (Å²) in [6.07, 6.45) is 9.09. The van der Waals surface area contributed by atoms with Crippen LogP contribution < -0.4 is 9.64 Å². The van der Waals surface area contributed by atoms with Crippen LogP contribution in [0.3, 0.4) is 0 Å². The summed E-state index contributed by atoms with van der Waals surface area (Å²) >= 11 is 1.51. The maximum absolute atomic E-state index is 14.5. The smallest absolute Gasteiger partial charge is 0.311 e. The molecule has 1 aromatic carbocycles. The van der Waals surface area contributed by atoms with Gasteiger partial charge in [-0.15, -0.1) is 11.8 Å². The molecule has 1 unspecified atom stereocenters. The van der Waals surface area contributed by atoms with E-state index >= 15 is 0 Å². The number of anilines is 1. The number of methoxy groups -OCH3 is 1. The third-order valence-corrected chi connectivity index (χ3v) is 9.99.